The summed E-state index contributed by atoms with van der Waals surface area (Å²) in [6.45, 7) is 8.83. The van der Waals surface area contributed by atoms with Crippen LogP contribution in [0.2, 0.25) is 0 Å². The largest absolute Gasteiger partial charge is 0.466 e. The molecule has 34 heavy (non-hydrogen) atoms. The highest BCUT2D eigenvalue weighted by molar-refractivity contribution is 7.15. The number of aliphatic hydroxyl groups is 1. The van der Waals surface area contributed by atoms with Gasteiger partial charge in [-0.2, -0.15) is 0 Å². The smallest absolute Gasteiger partial charge is 0.308 e. The number of thiophene rings is 1. The third kappa shape index (κ3) is 4.98. The molecule has 0 radical (unpaired) electrons. The molecule has 8 heteroatoms. The Labute approximate surface area is 204 Å². The van der Waals surface area contributed by atoms with Gasteiger partial charge < -0.3 is 9.84 Å². The number of aliphatic hydroxyl groups excluding tert-OH is 1. The predicted octanol–water partition coefficient (Wildman–Crippen LogP) is 4.94. The fraction of sp³-hybridized carbons (Fsp3) is 0.462. The summed E-state index contributed by atoms with van der Waals surface area (Å²) >= 11 is 1.71. The van der Waals surface area contributed by atoms with Gasteiger partial charge in [0.15, 0.2) is 5.82 Å². The molecule has 0 spiro atoms. The molecule has 4 rings (SSSR count). The van der Waals surface area contributed by atoms with E-state index in [1.807, 2.05) is 6.92 Å². The maximum atomic E-state index is 12.8. The highest BCUT2D eigenvalue weighted by atomic mass is 32.1. The topological polar surface area (TPSA) is 89.6 Å². The molecule has 0 bridgehead atoms. The zero-order valence-electron chi connectivity index (χ0n) is 20.3. The Bertz CT molecular complexity index is 1190. The van der Waals surface area contributed by atoms with Crippen LogP contribution in [0.1, 0.15) is 76.9 Å². The van der Waals surface area contributed by atoms with Crippen molar-refractivity contribution in [3.05, 3.63) is 63.0 Å². The molecular weight excluding hydrogens is 448 g/mol. The van der Waals surface area contributed by atoms with Crippen LogP contribution in [-0.2, 0) is 9.53 Å². The van der Waals surface area contributed by atoms with Crippen LogP contribution in [0.4, 0.5) is 0 Å². The summed E-state index contributed by atoms with van der Waals surface area (Å²) in [7, 11) is 0. The minimum atomic E-state index is -0.487. The summed E-state index contributed by atoms with van der Waals surface area (Å²) in [5.41, 5.74) is 5.35. The Morgan fingerprint density at radius 3 is 2.53 bits per heavy atom. The molecule has 0 saturated carbocycles. The quantitative estimate of drug-likeness (QED) is 0.346. The number of hydrogen-bond acceptors (Lipinski definition) is 7. The van der Waals surface area contributed by atoms with E-state index in [-0.39, 0.29) is 19.0 Å². The minimum Gasteiger partial charge on any atom is -0.466 e. The molecule has 3 heterocycles. The molecule has 2 aromatic heterocycles. The van der Waals surface area contributed by atoms with Crippen LogP contribution in [0, 0.1) is 27.7 Å². The average molecular weight is 481 g/mol. The van der Waals surface area contributed by atoms with Gasteiger partial charge in [-0.15, -0.1) is 21.5 Å². The first kappa shape index (κ1) is 24.3. The Balaban J connectivity index is 1.67. The van der Waals surface area contributed by atoms with Crippen LogP contribution in [0.5, 0.6) is 0 Å². The number of esters is 1. The number of ether oxygens (including phenoxy) is 1. The first-order chi connectivity index (χ1) is 16.4. The van der Waals surface area contributed by atoms with Gasteiger partial charge in [-0.05, 0) is 52.5 Å². The molecule has 0 aliphatic carbocycles. The third-order valence-electron chi connectivity index (χ3n) is 6.24. The Morgan fingerprint density at radius 2 is 1.79 bits per heavy atom. The summed E-state index contributed by atoms with van der Waals surface area (Å²) in [6, 6.07) is 7.86. The molecule has 1 aromatic carbocycles. The van der Waals surface area contributed by atoms with E-state index in [4.69, 9.17) is 14.8 Å². The van der Waals surface area contributed by atoms with E-state index in [2.05, 4.69) is 59.8 Å². The molecule has 1 aliphatic rings. The molecule has 1 aliphatic heterocycles. The number of aromatic nitrogens is 3. The van der Waals surface area contributed by atoms with Gasteiger partial charge in [-0.3, -0.25) is 14.4 Å². The molecule has 7 nitrogen and oxygen atoms in total. The molecule has 180 valence electrons. The lowest BCUT2D eigenvalue weighted by molar-refractivity contribution is -0.144. The van der Waals surface area contributed by atoms with E-state index < -0.39 is 6.04 Å². The van der Waals surface area contributed by atoms with E-state index in [1.165, 1.54) is 16.0 Å². The average Bonchev–Trinajstić information content (AvgIpc) is 3.29. The maximum absolute atomic E-state index is 12.8. The fourth-order valence-corrected chi connectivity index (χ4v) is 5.42. The zero-order valence-corrected chi connectivity index (χ0v) is 21.1. The zero-order chi connectivity index (χ0) is 24.2. The van der Waals surface area contributed by atoms with Crippen LogP contribution < -0.4 is 0 Å². The summed E-state index contributed by atoms with van der Waals surface area (Å²) < 4.78 is 7.57. The Kier molecular flexibility index (Phi) is 7.58. The van der Waals surface area contributed by atoms with Crippen LogP contribution in [0.25, 0.3) is 5.00 Å². The molecule has 0 saturated heterocycles. The van der Waals surface area contributed by atoms with E-state index in [0.29, 0.717) is 12.4 Å². The van der Waals surface area contributed by atoms with Crippen LogP contribution in [0.3, 0.4) is 0 Å². The molecule has 3 aromatic rings. The number of unbranched alkanes of at least 4 members (excludes halogenated alkanes) is 3. The van der Waals surface area contributed by atoms with Gasteiger partial charge in [0.25, 0.3) is 0 Å². The van der Waals surface area contributed by atoms with E-state index in [9.17, 15) is 4.79 Å². The maximum Gasteiger partial charge on any atom is 0.308 e. The number of nitrogens with zero attached hydrogens (tertiary/aromatic N) is 4. The molecule has 1 N–H and O–H groups in total. The predicted molar refractivity (Wildman–Crippen MR) is 134 cm³/mol. The van der Waals surface area contributed by atoms with Gasteiger partial charge in [0.2, 0.25) is 0 Å². The van der Waals surface area contributed by atoms with Crippen molar-refractivity contribution in [1.29, 1.82) is 0 Å². The highest BCUT2D eigenvalue weighted by Gasteiger charge is 2.32. The van der Waals surface area contributed by atoms with Gasteiger partial charge in [0, 0.05) is 22.6 Å². The van der Waals surface area contributed by atoms with Crippen LogP contribution in [-0.4, -0.2) is 44.8 Å². The van der Waals surface area contributed by atoms with Crippen molar-refractivity contribution in [3.63, 3.8) is 0 Å². The molecule has 1 atom stereocenters. The Morgan fingerprint density at radius 1 is 1.06 bits per heavy atom. The van der Waals surface area contributed by atoms with Crippen molar-refractivity contribution in [3.8, 4) is 5.00 Å². The first-order valence-corrected chi connectivity index (χ1v) is 12.7. The summed E-state index contributed by atoms with van der Waals surface area (Å²) in [6.07, 6.45) is 3.55. The van der Waals surface area contributed by atoms with Crippen molar-refractivity contribution in [2.45, 2.75) is 65.8 Å². The number of aliphatic imine (C=N–C) groups is 1. The second-order valence-corrected chi connectivity index (χ2v) is 10.0. The second kappa shape index (κ2) is 10.6. The van der Waals surface area contributed by atoms with Crippen LogP contribution in [0.15, 0.2) is 29.3 Å². The minimum absolute atomic E-state index is 0.108. The van der Waals surface area contributed by atoms with Gasteiger partial charge in [-0.1, -0.05) is 36.2 Å². The van der Waals surface area contributed by atoms with Crippen molar-refractivity contribution in [2.75, 3.05) is 13.2 Å². The van der Waals surface area contributed by atoms with Gasteiger partial charge in [0.05, 0.1) is 18.7 Å². The standard InChI is InChI=1S/C26H32N4O3S/c1-16-9-11-20(12-10-16)24-23-17(2)18(3)34-26(23)30-19(4)28-29-25(30)21(27-24)15-22(32)33-14-8-6-5-7-13-31/h9-12,21,31H,5-8,13-15H2,1-4H3. The van der Waals surface area contributed by atoms with E-state index in [0.717, 1.165) is 53.3 Å². The fourth-order valence-electron chi connectivity index (χ4n) is 4.21. The van der Waals surface area contributed by atoms with Gasteiger partial charge in [0.1, 0.15) is 16.9 Å². The summed E-state index contributed by atoms with van der Waals surface area (Å²) in [4.78, 5) is 19.1. The Hall–Kier alpha value is -2.84. The van der Waals surface area contributed by atoms with E-state index >= 15 is 0 Å². The van der Waals surface area contributed by atoms with Crippen molar-refractivity contribution in [2.24, 2.45) is 4.99 Å². The SMILES string of the molecule is Cc1ccc(C2=NC(CC(=O)OCCCCCCO)c3nnc(C)n3-c3sc(C)c(C)c32)cc1. The highest BCUT2D eigenvalue weighted by Crippen LogP contribution is 2.39. The number of carbonyl (C=O) groups is 1. The number of carbonyl (C=O) groups excluding carboxylic acids is 1. The number of rotatable bonds is 9. The molecule has 1 unspecified atom stereocenters. The van der Waals surface area contributed by atoms with E-state index in [1.54, 1.807) is 11.3 Å². The molecule has 0 amide bonds. The normalized spacial score (nSPS) is 14.9. The lowest BCUT2D eigenvalue weighted by Crippen LogP contribution is -2.14. The summed E-state index contributed by atoms with van der Waals surface area (Å²) in [5, 5.41) is 18.7. The summed E-state index contributed by atoms with van der Waals surface area (Å²) in [5.74, 6) is 1.16. The number of fused-ring (bicyclic) bond motifs is 3. The van der Waals surface area contributed by atoms with Crippen molar-refractivity contribution in [1.82, 2.24) is 14.8 Å². The molecule has 0 fully saturated rings. The van der Waals surface area contributed by atoms with Crippen LogP contribution >= 0.6 is 11.3 Å². The third-order valence-corrected chi connectivity index (χ3v) is 7.43. The van der Waals surface area contributed by atoms with Crippen molar-refractivity contribution < 1.29 is 14.6 Å². The number of benzene rings is 1. The molecular formula is C26H32N4O3S. The second-order valence-electron chi connectivity index (χ2n) is 8.83. The van der Waals surface area contributed by atoms with Gasteiger partial charge >= 0.3 is 5.97 Å². The lowest BCUT2D eigenvalue weighted by Gasteiger charge is -2.13. The number of aryl methyl sites for hydroxylation is 3. The number of hydrogen-bond donors (Lipinski definition) is 1. The first-order valence-electron chi connectivity index (χ1n) is 11.8. The lowest BCUT2D eigenvalue weighted by atomic mass is 9.99. The van der Waals surface area contributed by atoms with Gasteiger partial charge in [-0.25, -0.2) is 0 Å². The monoisotopic (exact) mass is 480 g/mol. The van der Waals surface area contributed by atoms with Crippen molar-refractivity contribution >= 4 is 23.0 Å².